The van der Waals surface area contributed by atoms with Crippen LogP contribution in [0, 0.1) is 26.7 Å². The summed E-state index contributed by atoms with van der Waals surface area (Å²) in [6, 6.07) is 5.54. The van der Waals surface area contributed by atoms with Crippen molar-refractivity contribution >= 4 is 0 Å². The first-order chi connectivity index (χ1) is 9.56. The minimum atomic E-state index is 0.406. The Hall–Kier alpha value is -0.860. The zero-order valence-corrected chi connectivity index (χ0v) is 13.2. The fourth-order valence-electron chi connectivity index (χ4n) is 3.96. The molecule has 1 aliphatic heterocycles. The average molecular weight is 273 g/mol. The Bertz CT molecular complexity index is 469. The molecule has 3 unspecified atom stereocenters. The molecule has 0 spiro atoms. The molecule has 2 heteroatoms. The predicted molar refractivity (Wildman–Crippen MR) is 83.1 cm³/mol. The number of benzene rings is 1. The van der Waals surface area contributed by atoms with E-state index in [0.29, 0.717) is 18.2 Å². The number of aryl methyl sites for hydroxylation is 3. The summed E-state index contributed by atoms with van der Waals surface area (Å²) in [5.74, 6) is 0.822. The Kier molecular flexibility index (Phi) is 3.87. The van der Waals surface area contributed by atoms with Crippen molar-refractivity contribution in [1.29, 1.82) is 0 Å². The summed E-state index contributed by atoms with van der Waals surface area (Å²) in [5, 5.41) is 3.84. The lowest BCUT2D eigenvalue weighted by molar-refractivity contribution is 0.0792. The molecule has 0 radical (unpaired) electrons. The van der Waals surface area contributed by atoms with Gasteiger partial charge in [-0.05, 0) is 69.6 Å². The molecule has 2 aliphatic rings. The maximum Gasteiger partial charge on any atom is 0.0757 e. The Balaban J connectivity index is 1.74. The van der Waals surface area contributed by atoms with E-state index >= 15 is 0 Å². The second kappa shape index (κ2) is 5.50. The molecular formula is C18H27NO. The van der Waals surface area contributed by atoms with Crippen molar-refractivity contribution in [2.45, 2.75) is 65.1 Å². The predicted octanol–water partition coefficient (Wildman–Crippen LogP) is 3.83. The molecule has 2 fully saturated rings. The van der Waals surface area contributed by atoms with Gasteiger partial charge in [0.05, 0.1) is 6.10 Å². The average Bonchev–Trinajstić information content (AvgIpc) is 3.09. The summed E-state index contributed by atoms with van der Waals surface area (Å²) in [7, 11) is 0. The number of hydrogen-bond acceptors (Lipinski definition) is 2. The normalized spacial score (nSPS) is 27.8. The van der Waals surface area contributed by atoms with E-state index in [1.54, 1.807) is 0 Å². The Morgan fingerprint density at radius 3 is 2.35 bits per heavy atom. The Morgan fingerprint density at radius 2 is 1.75 bits per heavy atom. The van der Waals surface area contributed by atoms with Crippen LogP contribution in [0.15, 0.2) is 12.1 Å². The third-order valence-electron chi connectivity index (χ3n) is 4.86. The third-order valence-corrected chi connectivity index (χ3v) is 4.86. The molecule has 0 bridgehead atoms. The molecule has 0 aromatic heterocycles. The largest absolute Gasteiger partial charge is 0.376 e. The first-order valence-corrected chi connectivity index (χ1v) is 8.01. The van der Waals surface area contributed by atoms with Gasteiger partial charge in [0, 0.05) is 18.7 Å². The van der Waals surface area contributed by atoms with Gasteiger partial charge >= 0.3 is 0 Å². The van der Waals surface area contributed by atoms with Gasteiger partial charge in [-0.15, -0.1) is 0 Å². The first-order valence-electron chi connectivity index (χ1n) is 8.01. The fourth-order valence-corrected chi connectivity index (χ4v) is 3.96. The summed E-state index contributed by atoms with van der Waals surface area (Å²) in [4.78, 5) is 0. The standard InChI is InChI=1S/C18H27NO/c1-11-9-12(2)17(13(3)10-11)14(4)19-16-7-8-20-18(16)15-5-6-15/h9-10,14-16,18-19H,5-8H2,1-4H3. The van der Waals surface area contributed by atoms with Crippen LogP contribution >= 0.6 is 0 Å². The lowest BCUT2D eigenvalue weighted by Gasteiger charge is -2.26. The number of ether oxygens (including phenoxy) is 1. The molecular weight excluding hydrogens is 246 g/mol. The maximum absolute atomic E-state index is 5.94. The van der Waals surface area contributed by atoms with Crippen molar-refractivity contribution in [2.24, 2.45) is 5.92 Å². The van der Waals surface area contributed by atoms with E-state index in [1.807, 2.05) is 0 Å². The van der Waals surface area contributed by atoms with E-state index in [2.05, 4.69) is 45.1 Å². The molecule has 2 nitrogen and oxygen atoms in total. The molecule has 110 valence electrons. The van der Waals surface area contributed by atoms with Gasteiger partial charge in [-0.25, -0.2) is 0 Å². The van der Waals surface area contributed by atoms with Crippen LogP contribution in [0.5, 0.6) is 0 Å². The number of rotatable bonds is 4. The van der Waals surface area contributed by atoms with Crippen LogP contribution in [-0.4, -0.2) is 18.8 Å². The molecule has 20 heavy (non-hydrogen) atoms. The van der Waals surface area contributed by atoms with Gasteiger partial charge in [-0.3, -0.25) is 0 Å². The van der Waals surface area contributed by atoms with Gasteiger partial charge in [0.25, 0.3) is 0 Å². The number of nitrogens with one attached hydrogen (secondary N) is 1. The van der Waals surface area contributed by atoms with Crippen LogP contribution in [0.25, 0.3) is 0 Å². The summed E-state index contributed by atoms with van der Waals surface area (Å²) < 4.78 is 5.94. The topological polar surface area (TPSA) is 21.3 Å². The second-order valence-corrected chi connectivity index (χ2v) is 6.77. The Labute approximate surface area is 122 Å². The van der Waals surface area contributed by atoms with Crippen molar-refractivity contribution in [2.75, 3.05) is 6.61 Å². The lowest BCUT2D eigenvalue weighted by atomic mass is 9.93. The van der Waals surface area contributed by atoms with E-state index in [1.165, 1.54) is 35.1 Å². The van der Waals surface area contributed by atoms with Crippen LogP contribution in [0.3, 0.4) is 0 Å². The fraction of sp³-hybridized carbons (Fsp3) is 0.667. The first kappa shape index (κ1) is 14.1. The minimum Gasteiger partial charge on any atom is -0.376 e. The summed E-state index contributed by atoms with van der Waals surface area (Å²) in [5.41, 5.74) is 5.64. The zero-order chi connectivity index (χ0) is 14.3. The summed E-state index contributed by atoms with van der Waals surface area (Å²) in [6.07, 6.45) is 4.35. The molecule has 3 atom stereocenters. The van der Waals surface area contributed by atoms with Crippen molar-refractivity contribution in [3.05, 3.63) is 34.4 Å². The van der Waals surface area contributed by atoms with E-state index in [9.17, 15) is 0 Å². The Morgan fingerprint density at radius 1 is 1.10 bits per heavy atom. The molecule has 1 saturated heterocycles. The van der Waals surface area contributed by atoms with E-state index in [0.717, 1.165) is 18.9 Å². The van der Waals surface area contributed by atoms with E-state index in [4.69, 9.17) is 4.74 Å². The molecule has 1 heterocycles. The molecule has 1 aromatic carbocycles. The van der Waals surface area contributed by atoms with Crippen LogP contribution < -0.4 is 5.32 Å². The zero-order valence-electron chi connectivity index (χ0n) is 13.2. The van der Waals surface area contributed by atoms with Gasteiger partial charge in [0.2, 0.25) is 0 Å². The highest BCUT2D eigenvalue weighted by atomic mass is 16.5. The van der Waals surface area contributed by atoms with E-state index < -0.39 is 0 Å². The van der Waals surface area contributed by atoms with Gasteiger partial charge in [-0.1, -0.05) is 17.7 Å². The SMILES string of the molecule is Cc1cc(C)c(C(C)NC2CCOC2C2CC2)c(C)c1. The van der Waals surface area contributed by atoms with E-state index in [-0.39, 0.29) is 0 Å². The molecule has 0 amide bonds. The van der Waals surface area contributed by atoms with Crippen LogP contribution in [0.2, 0.25) is 0 Å². The highest BCUT2D eigenvalue weighted by Crippen LogP contribution is 2.39. The molecule has 3 rings (SSSR count). The monoisotopic (exact) mass is 273 g/mol. The van der Waals surface area contributed by atoms with Crippen LogP contribution in [0.4, 0.5) is 0 Å². The summed E-state index contributed by atoms with van der Waals surface area (Å²) in [6.45, 7) is 9.87. The van der Waals surface area contributed by atoms with Crippen molar-refractivity contribution < 1.29 is 4.74 Å². The molecule has 1 aromatic rings. The van der Waals surface area contributed by atoms with Gasteiger partial charge in [0.1, 0.15) is 0 Å². The smallest absolute Gasteiger partial charge is 0.0757 e. The second-order valence-electron chi connectivity index (χ2n) is 6.77. The van der Waals surface area contributed by atoms with Gasteiger partial charge < -0.3 is 10.1 Å². The molecule has 1 N–H and O–H groups in total. The highest BCUT2D eigenvalue weighted by Gasteiger charge is 2.41. The maximum atomic E-state index is 5.94. The van der Waals surface area contributed by atoms with Crippen molar-refractivity contribution in [1.82, 2.24) is 5.32 Å². The summed E-state index contributed by atoms with van der Waals surface area (Å²) >= 11 is 0. The van der Waals surface area contributed by atoms with Gasteiger partial charge in [-0.2, -0.15) is 0 Å². The molecule has 1 saturated carbocycles. The molecule has 1 aliphatic carbocycles. The minimum absolute atomic E-state index is 0.406. The van der Waals surface area contributed by atoms with Gasteiger partial charge in [0.15, 0.2) is 0 Å². The third kappa shape index (κ3) is 2.77. The van der Waals surface area contributed by atoms with Crippen molar-refractivity contribution in [3.63, 3.8) is 0 Å². The quantitative estimate of drug-likeness (QED) is 0.900. The van der Waals surface area contributed by atoms with Crippen molar-refractivity contribution in [3.8, 4) is 0 Å². The lowest BCUT2D eigenvalue weighted by Crippen LogP contribution is -2.39. The van der Waals surface area contributed by atoms with Crippen LogP contribution in [0.1, 0.15) is 54.5 Å². The highest BCUT2D eigenvalue weighted by molar-refractivity contribution is 5.39. The number of hydrogen-bond donors (Lipinski definition) is 1. The van der Waals surface area contributed by atoms with Crippen LogP contribution in [-0.2, 0) is 4.74 Å².